The Labute approximate surface area is 144 Å². The van der Waals surface area contributed by atoms with Crippen molar-refractivity contribution in [1.82, 2.24) is 15.3 Å². The molecule has 3 rings (SSSR count). The van der Waals surface area contributed by atoms with Gasteiger partial charge in [-0.15, -0.1) is 23.1 Å². The van der Waals surface area contributed by atoms with Gasteiger partial charge in [-0.05, 0) is 30.9 Å². The standard InChI is InChI=1S/C16H20N4OS2/c21-15(12-23-14-3-5-17-6-4-14)19-10-13-2-1-8-20(11-13)16-18-7-9-22-16/h3-7,9,13H,1-2,8,10-12H2,(H,19,21)/t13-/m0/s1. The van der Waals surface area contributed by atoms with Gasteiger partial charge in [0, 0.05) is 48.5 Å². The lowest BCUT2D eigenvalue weighted by Gasteiger charge is -2.32. The highest BCUT2D eigenvalue weighted by molar-refractivity contribution is 8.00. The molecule has 1 N–H and O–H groups in total. The van der Waals surface area contributed by atoms with Crippen LogP contribution in [0, 0.1) is 5.92 Å². The quantitative estimate of drug-likeness (QED) is 0.814. The number of piperidine rings is 1. The van der Waals surface area contributed by atoms with Gasteiger partial charge in [-0.3, -0.25) is 9.78 Å². The number of anilines is 1. The predicted molar refractivity (Wildman–Crippen MR) is 95.0 cm³/mol. The Morgan fingerprint density at radius 2 is 2.26 bits per heavy atom. The Morgan fingerprint density at radius 1 is 1.39 bits per heavy atom. The number of carbonyl (C=O) groups is 1. The maximum Gasteiger partial charge on any atom is 0.230 e. The number of thiazole rings is 1. The Morgan fingerprint density at radius 3 is 3.04 bits per heavy atom. The molecule has 1 aliphatic rings. The van der Waals surface area contributed by atoms with Crippen LogP contribution in [0.15, 0.2) is 41.0 Å². The summed E-state index contributed by atoms with van der Waals surface area (Å²) in [5.41, 5.74) is 0. The molecule has 1 fully saturated rings. The average molecular weight is 348 g/mol. The molecule has 1 saturated heterocycles. The fourth-order valence-electron chi connectivity index (χ4n) is 2.67. The van der Waals surface area contributed by atoms with Crippen molar-refractivity contribution in [3.63, 3.8) is 0 Å². The molecule has 2 aromatic rings. The first kappa shape index (κ1) is 16.3. The molecule has 0 spiro atoms. The third-order valence-electron chi connectivity index (χ3n) is 3.82. The highest BCUT2D eigenvalue weighted by Crippen LogP contribution is 2.24. The summed E-state index contributed by atoms with van der Waals surface area (Å²) in [5, 5.41) is 6.17. The second-order valence-corrected chi connectivity index (χ2v) is 7.47. The summed E-state index contributed by atoms with van der Waals surface area (Å²) < 4.78 is 0. The summed E-state index contributed by atoms with van der Waals surface area (Å²) in [6.07, 6.45) is 7.66. The molecule has 0 aliphatic carbocycles. The van der Waals surface area contributed by atoms with Gasteiger partial charge < -0.3 is 10.2 Å². The van der Waals surface area contributed by atoms with Crippen LogP contribution in [-0.2, 0) is 4.79 Å². The van der Waals surface area contributed by atoms with Gasteiger partial charge in [0.1, 0.15) is 0 Å². The van der Waals surface area contributed by atoms with Gasteiger partial charge in [-0.25, -0.2) is 4.98 Å². The van der Waals surface area contributed by atoms with Crippen LogP contribution < -0.4 is 10.2 Å². The fraction of sp³-hybridized carbons (Fsp3) is 0.438. The Kier molecular flexibility index (Phi) is 5.87. The predicted octanol–water partition coefficient (Wildman–Crippen LogP) is 2.66. The summed E-state index contributed by atoms with van der Waals surface area (Å²) in [4.78, 5) is 23.8. The number of carbonyl (C=O) groups excluding carboxylic acids is 1. The second-order valence-electron chi connectivity index (χ2n) is 5.54. The first-order valence-corrected chi connectivity index (χ1v) is 9.62. The van der Waals surface area contributed by atoms with E-state index >= 15 is 0 Å². The van der Waals surface area contributed by atoms with Gasteiger partial charge in [-0.1, -0.05) is 0 Å². The molecule has 1 atom stereocenters. The first-order valence-electron chi connectivity index (χ1n) is 7.75. The number of nitrogens with zero attached hydrogens (tertiary/aromatic N) is 3. The third kappa shape index (κ3) is 4.94. The molecule has 7 heteroatoms. The monoisotopic (exact) mass is 348 g/mol. The number of thioether (sulfide) groups is 1. The number of hydrogen-bond donors (Lipinski definition) is 1. The SMILES string of the molecule is O=C(CSc1ccncc1)NC[C@@H]1CCCN(c2nccs2)C1. The summed E-state index contributed by atoms with van der Waals surface area (Å²) in [5.74, 6) is 1.05. The zero-order valence-electron chi connectivity index (χ0n) is 12.9. The van der Waals surface area contributed by atoms with E-state index in [1.807, 2.05) is 23.7 Å². The minimum Gasteiger partial charge on any atom is -0.355 e. The normalized spacial score (nSPS) is 17.9. The van der Waals surface area contributed by atoms with Crippen molar-refractivity contribution in [3.8, 4) is 0 Å². The van der Waals surface area contributed by atoms with Crippen molar-refractivity contribution in [2.24, 2.45) is 5.92 Å². The van der Waals surface area contributed by atoms with Crippen LogP contribution in [0.2, 0.25) is 0 Å². The van der Waals surface area contributed by atoms with E-state index in [1.54, 1.807) is 35.5 Å². The molecule has 1 amide bonds. The van der Waals surface area contributed by atoms with Crippen LogP contribution in [-0.4, -0.2) is 41.3 Å². The third-order valence-corrected chi connectivity index (χ3v) is 5.66. The molecule has 5 nitrogen and oxygen atoms in total. The molecule has 122 valence electrons. The molecular weight excluding hydrogens is 328 g/mol. The smallest absolute Gasteiger partial charge is 0.230 e. The van der Waals surface area contributed by atoms with Crippen molar-refractivity contribution in [3.05, 3.63) is 36.1 Å². The summed E-state index contributed by atoms with van der Waals surface area (Å²) in [6, 6.07) is 3.84. The molecule has 0 bridgehead atoms. The van der Waals surface area contributed by atoms with E-state index in [0.717, 1.165) is 36.1 Å². The Balaban J connectivity index is 1.40. The van der Waals surface area contributed by atoms with Crippen molar-refractivity contribution in [2.75, 3.05) is 30.3 Å². The molecule has 3 heterocycles. The number of rotatable bonds is 6. The zero-order chi connectivity index (χ0) is 15.9. The molecule has 23 heavy (non-hydrogen) atoms. The zero-order valence-corrected chi connectivity index (χ0v) is 14.5. The van der Waals surface area contributed by atoms with E-state index in [-0.39, 0.29) is 5.91 Å². The van der Waals surface area contributed by atoms with Crippen LogP contribution in [0.4, 0.5) is 5.13 Å². The van der Waals surface area contributed by atoms with Crippen molar-refractivity contribution in [1.29, 1.82) is 0 Å². The number of pyridine rings is 1. The number of hydrogen-bond acceptors (Lipinski definition) is 6. The van der Waals surface area contributed by atoms with Crippen molar-refractivity contribution >= 4 is 34.1 Å². The van der Waals surface area contributed by atoms with E-state index in [4.69, 9.17) is 0 Å². The molecule has 0 aromatic carbocycles. The van der Waals surface area contributed by atoms with Crippen LogP contribution >= 0.6 is 23.1 Å². The minimum absolute atomic E-state index is 0.0955. The van der Waals surface area contributed by atoms with Gasteiger partial charge in [0.25, 0.3) is 0 Å². The Hall–Kier alpha value is -1.60. The van der Waals surface area contributed by atoms with Gasteiger partial charge in [0.2, 0.25) is 5.91 Å². The van der Waals surface area contributed by atoms with Gasteiger partial charge in [-0.2, -0.15) is 0 Å². The number of amides is 1. The molecule has 0 unspecified atom stereocenters. The van der Waals surface area contributed by atoms with E-state index in [0.29, 0.717) is 11.7 Å². The molecular formula is C16H20N4OS2. The number of aromatic nitrogens is 2. The van der Waals surface area contributed by atoms with Crippen LogP contribution in [0.1, 0.15) is 12.8 Å². The largest absolute Gasteiger partial charge is 0.355 e. The first-order chi connectivity index (χ1) is 11.3. The van der Waals surface area contributed by atoms with E-state index in [2.05, 4.69) is 20.2 Å². The second kappa shape index (κ2) is 8.31. The fourth-order valence-corrected chi connectivity index (χ4v) is 4.06. The number of nitrogens with one attached hydrogen (secondary N) is 1. The van der Waals surface area contributed by atoms with Crippen LogP contribution in [0.25, 0.3) is 0 Å². The van der Waals surface area contributed by atoms with E-state index in [1.165, 1.54) is 6.42 Å². The minimum atomic E-state index is 0.0955. The molecule has 0 radical (unpaired) electrons. The topological polar surface area (TPSA) is 58.1 Å². The summed E-state index contributed by atoms with van der Waals surface area (Å²) >= 11 is 3.22. The average Bonchev–Trinajstić information content (AvgIpc) is 3.14. The molecule has 2 aromatic heterocycles. The van der Waals surface area contributed by atoms with Gasteiger partial charge in [0.05, 0.1) is 5.75 Å². The lowest BCUT2D eigenvalue weighted by molar-refractivity contribution is -0.118. The van der Waals surface area contributed by atoms with Crippen LogP contribution in [0.5, 0.6) is 0 Å². The highest BCUT2D eigenvalue weighted by atomic mass is 32.2. The van der Waals surface area contributed by atoms with E-state index < -0.39 is 0 Å². The highest BCUT2D eigenvalue weighted by Gasteiger charge is 2.21. The van der Waals surface area contributed by atoms with Crippen molar-refractivity contribution in [2.45, 2.75) is 17.7 Å². The van der Waals surface area contributed by atoms with Crippen LogP contribution in [0.3, 0.4) is 0 Å². The maximum absolute atomic E-state index is 12.0. The Bertz CT molecular complexity index is 606. The molecule has 1 aliphatic heterocycles. The lowest BCUT2D eigenvalue weighted by atomic mass is 9.98. The van der Waals surface area contributed by atoms with Crippen molar-refractivity contribution < 1.29 is 4.79 Å². The van der Waals surface area contributed by atoms with Gasteiger partial charge >= 0.3 is 0 Å². The summed E-state index contributed by atoms with van der Waals surface area (Å²) in [6.45, 7) is 2.79. The lowest BCUT2D eigenvalue weighted by Crippen LogP contribution is -2.41. The summed E-state index contributed by atoms with van der Waals surface area (Å²) in [7, 11) is 0. The van der Waals surface area contributed by atoms with Gasteiger partial charge in [0.15, 0.2) is 5.13 Å². The van der Waals surface area contributed by atoms with E-state index in [9.17, 15) is 4.79 Å². The molecule has 0 saturated carbocycles. The maximum atomic E-state index is 12.0.